The molecule has 0 aliphatic rings. The van der Waals surface area contributed by atoms with Gasteiger partial charge in [-0.3, -0.25) is 14.4 Å². The minimum atomic E-state index is -0.745. The van der Waals surface area contributed by atoms with Crippen molar-refractivity contribution in [1.29, 1.82) is 0 Å². The molecule has 4 N–H and O–H groups in total. The Labute approximate surface area is 133 Å². The van der Waals surface area contributed by atoms with Crippen LogP contribution in [0.1, 0.15) is 47.5 Å². The van der Waals surface area contributed by atoms with Crippen molar-refractivity contribution in [3.8, 4) is 0 Å². The zero-order valence-electron chi connectivity index (χ0n) is 14.4. The fourth-order valence-corrected chi connectivity index (χ4v) is 1.21. The van der Waals surface area contributed by atoms with Crippen LogP contribution in [0.15, 0.2) is 0 Å². The molecule has 0 bridgehead atoms. The molecule has 22 heavy (non-hydrogen) atoms. The number of carboxylic acids is 1. The summed E-state index contributed by atoms with van der Waals surface area (Å²) in [5.74, 6) is -0.392. The second-order valence-electron chi connectivity index (χ2n) is 5.58. The van der Waals surface area contributed by atoms with E-state index in [0.717, 1.165) is 0 Å². The van der Waals surface area contributed by atoms with Crippen molar-refractivity contribution in [2.24, 2.45) is 5.92 Å². The highest BCUT2D eigenvalue weighted by molar-refractivity contribution is 5.78. The van der Waals surface area contributed by atoms with Crippen LogP contribution in [0.3, 0.4) is 0 Å². The van der Waals surface area contributed by atoms with Crippen LogP contribution in [0, 0.1) is 5.92 Å². The van der Waals surface area contributed by atoms with E-state index < -0.39 is 5.97 Å². The molecule has 0 saturated heterocycles. The first kappa shape index (κ1) is 22.6. The van der Waals surface area contributed by atoms with Gasteiger partial charge < -0.3 is 21.1 Å². The van der Waals surface area contributed by atoms with Gasteiger partial charge in [-0.2, -0.15) is 0 Å². The highest BCUT2D eigenvalue weighted by Crippen LogP contribution is 1.97. The van der Waals surface area contributed by atoms with Gasteiger partial charge >= 0.3 is 5.97 Å². The van der Waals surface area contributed by atoms with E-state index in [0.29, 0.717) is 38.0 Å². The molecule has 0 saturated carbocycles. The summed E-state index contributed by atoms with van der Waals surface area (Å²) in [6, 6.07) is 0.298. The lowest BCUT2D eigenvalue weighted by Crippen LogP contribution is -2.40. The van der Waals surface area contributed by atoms with Crippen LogP contribution < -0.4 is 16.0 Å². The Balaban J connectivity index is 0. The summed E-state index contributed by atoms with van der Waals surface area (Å²) in [6.45, 7) is 10.8. The molecule has 0 radical (unpaired) electrons. The maximum absolute atomic E-state index is 11.3. The number of nitrogens with one attached hydrogen (secondary N) is 3. The molecule has 7 nitrogen and oxygen atoms in total. The summed E-state index contributed by atoms with van der Waals surface area (Å²) in [4.78, 5) is 31.9. The summed E-state index contributed by atoms with van der Waals surface area (Å²) in [5, 5.41) is 16.2. The lowest BCUT2D eigenvalue weighted by molar-refractivity contribution is -0.136. The normalized spacial score (nSPS) is 9.95. The molecule has 7 heteroatoms. The molecule has 0 aliphatic carbocycles. The third kappa shape index (κ3) is 20.7. The molecule has 0 aliphatic heterocycles. The van der Waals surface area contributed by atoms with Crippen LogP contribution >= 0.6 is 0 Å². The molecule has 2 amide bonds. The molecule has 0 unspecified atom stereocenters. The van der Waals surface area contributed by atoms with Gasteiger partial charge in [-0.1, -0.05) is 34.6 Å². The van der Waals surface area contributed by atoms with Gasteiger partial charge in [0.05, 0.1) is 6.54 Å². The van der Waals surface area contributed by atoms with Gasteiger partial charge in [-0.15, -0.1) is 0 Å². The minimum Gasteiger partial charge on any atom is -0.481 e. The van der Waals surface area contributed by atoms with E-state index in [-0.39, 0.29) is 18.2 Å². The van der Waals surface area contributed by atoms with Crippen LogP contribution in [0.4, 0.5) is 0 Å². The van der Waals surface area contributed by atoms with Crippen LogP contribution in [-0.4, -0.2) is 48.6 Å². The maximum Gasteiger partial charge on any atom is 0.303 e. The van der Waals surface area contributed by atoms with Crippen LogP contribution in [-0.2, 0) is 14.4 Å². The van der Waals surface area contributed by atoms with Crippen molar-refractivity contribution in [3.63, 3.8) is 0 Å². The summed E-state index contributed by atoms with van der Waals surface area (Å²) < 4.78 is 0. The van der Waals surface area contributed by atoms with Crippen LogP contribution in [0.25, 0.3) is 0 Å². The van der Waals surface area contributed by atoms with Crippen molar-refractivity contribution in [1.82, 2.24) is 16.0 Å². The first-order chi connectivity index (χ1) is 10.2. The molecule has 0 aromatic carbocycles. The Morgan fingerprint density at radius 3 is 1.77 bits per heavy atom. The van der Waals surface area contributed by atoms with Crippen molar-refractivity contribution in [2.45, 2.75) is 53.5 Å². The summed E-state index contributed by atoms with van der Waals surface area (Å²) in [7, 11) is 0. The molecule has 0 aromatic rings. The first-order valence-corrected chi connectivity index (χ1v) is 7.67. The molecule has 0 aromatic heterocycles. The lowest BCUT2D eigenvalue weighted by Gasteiger charge is -2.10. The zero-order valence-corrected chi connectivity index (χ0v) is 14.4. The molecular weight excluding hydrogens is 286 g/mol. The zero-order chi connectivity index (χ0) is 17.5. The number of amides is 2. The quantitative estimate of drug-likeness (QED) is 0.469. The largest absolute Gasteiger partial charge is 0.481 e. The monoisotopic (exact) mass is 317 g/mol. The Bertz CT molecular complexity index is 331. The molecule has 0 fully saturated rings. The Morgan fingerprint density at radius 1 is 0.955 bits per heavy atom. The summed E-state index contributed by atoms with van der Waals surface area (Å²) in [5.41, 5.74) is 0. The average molecular weight is 317 g/mol. The van der Waals surface area contributed by atoms with Gasteiger partial charge in [0.2, 0.25) is 11.8 Å². The molecule has 0 spiro atoms. The Morgan fingerprint density at radius 2 is 1.41 bits per heavy atom. The molecule has 0 rings (SSSR count). The lowest BCUT2D eigenvalue weighted by atomic mass is 10.1. The SMILES string of the molecule is CC(C)CC(=O)NCCNC(=O)CNC(C)C.CCC(=O)O. The summed E-state index contributed by atoms with van der Waals surface area (Å²) in [6.07, 6.45) is 0.753. The number of hydrogen-bond acceptors (Lipinski definition) is 4. The maximum atomic E-state index is 11.3. The van der Waals surface area contributed by atoms with Gasteiger partial charge in [0.15, 0.2) is 0 Å². The summed E-state index contributed by atoms with van der Waals surface area (Å²) >= 11 is 0. The number of carbonyl (C=O) groups is 3. The predicted octanol–water partition coefficient (Wildman–Crippen LogP) is 0.744. The van der Waals surface area contributed by atoms with E-state index in [2.05, 4.69) is 16.0 Å². The fourth-order valence-electron chi connectivity index (χ4n) is 1.21. The molecule has 130 valence electrons. The van der Waals surface area contributed by atoms with E-state index in [1.807, 2.05) is 27.7 Å². The number of aliphatic carboxylic acids is 1. The van der Waals surface area contributed by atoms with E-state index in [1.54, 1.807) is 6.92 Å². The van der Waals surface area contributed by atoms with Gasteiger partial charge in [0.25, 0.3) is 0 Å². The van der Waals surface area contributed by atoms with E-state index in [1.165, 1.54) is 0 Å². The average Bonchev–Trinajstić information content (AvgIpc) is 2.41. The Kier molecular flexibility index (Phi) is 14.7. The fraction of sp³-hybridized carbons (Fsp3) is 0.800. The van der Waals surface area contributed by atoms with Crippen molar-refractivity contribution >= 4 is 17.8 Å². The number of rotatable bonds is 9. The third-order valence-corrected chi connectivity index (χ3v) is 2.34. The predicted molar refractivity (Wildman–Crippen MR) is 86.5 cm³/mol. The van der Waals surface area contributed by atoms with Gasteiger partial charge in [0.1, 0.15) is 0 Å². The highest BCUT2D eigenvalue weighted by atomic mass is 16.4. The minimum absolute atomic E-state index is 0.0366. The van der Waals surface area contributed by atoms with Crippen LogP contribution in [0.2, 0.25) is 0 Å². The molecule has 0 heterocycles. The standard InChI is InChI=1S/C12H25N3O2.C3H6O2/c1-9(2)7-11(16)13-5-6-14-12(17)8-15-10(3)4;1-2-3(4)5/h9-10,15H,5-8H2,1-4H3,(H,13,16)(H,14,17);2H2,1H3,(H,4,5). The Hall–Kier alpha value is -1.63. The number of carbonyl (C=O) groups excluding carboxylic acids is 2. The van der Waals surface area contributed by atoms with Crippen molar-refractivity contribution < 1.29 is 19.5 Å². The molecular formula is C15H31N3O4. The van der Waals surface area contributed by atoms with E-state index in [9.17, 15) is 14.4 Å². The first-order valence-electron chi connectivity index (χ1n) is 7.67. The van der Waals surface area contributed by atoms with E-state index in [4.69, 9.17) is 5.11 Å². The second-order valence-corrected chi connectivity index (χ2v) is 5.58. The molecule has 0 atom stereocenters. The van der Waals surface area contributed by atoms with Gasteiger partial charge in [-0.25, -0.2) is 0 Å². The van der Waals surface area contributed by atoms with Gasteiger partial charge in [0, 0.05) is 32.0 Å². The van der Waals surface area contributed by atoms with Crippen molar-refractivity contribution in [3.05, 3.63) is 0 Å². The number of hydrogen-bond donors (Lipinski definition) is 4. The smallest absolute Gasteiger partial charge is 0.303 e. The third-order valence-electron chi connectivity index (χ3n) is 2.34. The van der Waals surface area contributed by atoms with E-state index >= 15 is 0 Å². The van der Waals surface area contributed by atoms with Crippen LogP contribution in [0.5, 0.6) is 0 Å². The van der Waals surface area contributed by atoms with Crippen molar-refractivity contribution in [2.75, 3.05) is 19.6 Å². The van der Waals surface area contributed by atoms with Gasteiger partial charge in [-0.05, 0) is 5.92 Å². The topological polar surface area (TPSA) is 108 Å². The second kappa shape index (κ2) is 14.3. The number of carboxylic acid groups (broad SMARTS) is 1. The highest BCUT2D eigenvalue weighted by Gasteiger charge is 2.04.